The van der Waals surface area contributed by atoms with Gasteiger partial charge in [-0.25, -0.2) is 13.4 Å². The van der Waals surface area contributed by atoms with Crippen LogP contribution in [0.25, 0.3) is 0 Å². The zero-order chi connectivity index (χ0) is 14.9. The van der Waals surface area contributed by atoms with E-state index in [1.54, 1.807) is 30.5 Å². The number of rotatable bonds is 3. The van der Waals surface area contributed by atoms with Crippen molar-refractivity contribution in [3.8, 4) is 6.07 Å². The molecule has 1 aliphatic rings. The van der Waals surface area contributed by atoms with Crippen molar-refractivity contribution in [2.45, 2.75) is 18.8 Å². The van der Waals surface area contributed by atoms with Gasteiger partial charge >= 0.3 is 0 Å². The van der Waals surface area contributed by atoms with Gasteiger partial charge in [-0.15, -0.1) is 0 Å². The molecule has 7 heteroatoms. The summed E-state index contributed by atoms with van der Waals surface area (Å²) in [5.41, 5.74) is 1.21. The maximum absolute atomic E-state index is 12.5. The number of hydrogen-bond donors (Lipinski definition) is 0. The summed E-state index contributed by atoms with van der Waals surface area (Å²) >= 11 is 0. The molecule has 1 aromatic carbocycles. The van der Waals surface area contributed by atoms with Gasteiger partial charge in [-0.2, -0.15) is 9.57 Å². The van der Waals surface area contributed by atoms with Crippen molar-refractivity contribution in [3.63, 3.8) is 0 Å². The topological polar surface area (TPSA) is 79.0 Å². The van der Waals surface area contributed by atoms with E-state index in [9.17, 15) is 8.42 Å². The SMILES string of the molecule is N#Cc1ccc(CS(=O)(=O)N2CCn3ccnc3C2)cc1. The average molecular weight is 302 g/mol. The molecular formula is C14H14N4O2S. The Hall–Kier alpha value is -2.17. The lowest BCUT2D eigenvalue weighted by atomic mass is 10.2. The van der Waals surface area contributed by atoms with Gasteiger partial charge in [-0.05, 0) is 17.7 Å². The molecule has 0 unspecified atom stereocenters. The minimum absolute atomic E-state index is 0.0561. The number of imidazole rings is 1. The molecule has 0 fully saturated rings. The lowest BCUT2D eigenvalue weighted by Gasteiger charge is -2.26. The Morgan fingerprint density at radius 2 is 2.00 bits per heavy atom. The van der Waals surface area contributed by atoms with E-state index in [1.807, 2.05) is 16.8 Å². The Labute approximate surface area is 123 Å². The second-order valence-electron chi connectivity index (χ2n) is 4.94. The molecule has 2 heterocycles. The highest BCUT2D eigenvalue weighted by atomic mass is 32.2. The van der Waals surface area contributed by atoms with E-state index in [0.717, 1.165) is 5.82 Å². The van der Waals surface area contributed by atoms with Crippen molar-refractivity contribution in [1.29, 1.82) is 5.26 Å². The standard InChI is InChI=1S/C14H14N4O2S/c15-9-12-1-3-13(4-2-12)11-21(19,20)18-8-7-17-6-5-16-14(17)10-18/h1-6H,7-8,10-11H2. The third-order valence-corrected chi connectivity index (χ3v) is 5.33. The van der Waals surface area contributed by atoms with Crippen molar-refractivity contribution >= 4 is 10.0 Å². The lowest BCUT2D eigenvalue weighted by Crippen LogP contribution is -2.38. The van der Waals surface area contributed by atoms with Gasteiger partial charge in [0.2, 0.25) is 10.0 Å². The number of sulfonamides is 1. The number of nitriles is 1. The number of aromatic nitrogens is 2. The number of nitrogens with zero attached hydrogens (tertiary/aromatic N) is 4. The number of fused-ring (bicyclic) bond motifs is 1. The van der Waals surface area contributed by atoms with Crippen LogP contribution >= 0.6 is 0 Å². The van der Waals surface area contributed by atoms with Crippen LogP contribution in [-0.2, 0) is 28.9 Å². The van der Waals surface area contributed by atoms with Crippen LogP contribution in [0.2, 0.25) is 0 Å². The predicted octanol–water partition coefficient (Wildman–Crippen LogP) is 1.10. The zero-order valence-corrected chi connectivity index (χ0v) is 12.1. The fraction of sp³-hybridized carbons (Fsp3) is 0.286. The van der Waals surface area contributed by atoms with Crippen molar-refractivity contribution in [1.82, 2.24) is 13.9 Å². The molecular weight excluding hydrogens is 288 g/mol. The minimum atomic E-state index is -3.38. The van der Waals surface area contributed by atoms with Crippen LogP contribution in [-0.4, -0.2) is 28.8 Å². The zero-order valence-electron chi connectivity index (χ0n) is 11.3. The van der Waals surface area contributed by atoms with Crippen molar-refractivity contribution < 1.29 is 8.42 Å². The molecule has 21 heavy (non-hydrogen) atoms. The van der Waals surface area contributed by atoms with E-state index in [1.165, 1.54) is 4.31 Å². The molecule has 108 valence electrons. The summed E-state index contributed by atoms with van der Waals surface area (Å²) in [6.07, 6.45) is 3.55. The van der Waals surface area contributed by atoms with E-state index in [-0.39, 0.29) is 5.75 Å². The second kappa shape index (κ2) is 5.31. The van der Waals surface area contributed by atoms with E-state index >= 15 is 0 Å². The fourth-order valence-corrected chi connectivity index (χ4v) is 3.83. The first-order valence-corrected chi connectivity index (χ1v) is 8.16. The van der Waals surface area contributed by atoms with Crippen LogP contribution < -0.4 is 0 Å². The first-order chi connectivity index (χ1) is 10.1. The maximum atomic E-state index is 12.5. The quantitative estimate of drug-likeness (QED) is 0.850. The maximum Gasteiger partial charge on any atom is 0.218 e. The Kier molecular flexibility index (Phi) is 3.49. The van der Waals surface area contributed by atoms with Crippen LogP contribution in [0, 0.1) is 11.3 Å². The minimum Gasteiger partial charge on any atom is -0.333 e. The first-order valence-electron chi connectivity index (χ1n) is 6.55. The molecule has 0 aliphatic carbocycles. The highest BCUT2D eigenvalue weighted by molar-refractivity contribution is 7.88. The lowest BCUT2D eigenvalue weighted by molar-refractivity contribution is 0.335. The average Bonchev–Trinajstić information content (AvgIpc) is 2.95. The van der Waals surface area contributed by atoms with Gasteiger partial charge in [0.05, 0.1) is 23.9 Å². The number of hydrogen-bond acceptors (Lipinski definition) is 4. The molecule has 0 N–H and O–H groups in total. The fourth-order valence-electron chi connectivity index (χ4n) is 2.37. The van der Waals surface area contributed by atoms with Crippen LogP contribution in [0.4, 0.5) is 0 Å². The predicted molar refractivity (Wildman–Crippen MR) is 76.4 cm³/mol. The van der Waals surface area contributed by atoms with Gasteiger partial charge in [-0.3, -0.25) is 0 Å². The summed E-state index contributed by atoms with van der Waals surface area (Å²) in [6, 6.07) is 8.65. The molecule has 0 bridgehead atoms. The van der Waals surface area contributed by atoms with Crippen molar-refractivity contribution in [2.75, 3.05) is 6.54 Å². The summed E-state index contributed by atoms with van der Waals surface area (Å²) in [4.78, 5) is 4.17. The molecule has 6 nitrogen and oxygen atoms in total. The van der Waals surface area contributed by atoms with E-state index < -0.39 is 10.0 Å². The van der Waals surface area contributed by atoms with Gasteiger partial charge in [0.15, 0.2) is 0 Å². The van der Waals surface area contributed by atoms with Crippen molar-refractivity contribution in [3.05, 3.63) is 53.6 Å². The van der Waals surface area contributed by atoms with E-state index in [4.69, 9.17) is 5.26 Å². The summed E-state index contributed by atoms with van der Waals surface area (Å²) in [7, 11) is -3.38. The van der Waals surface area contributed by atoms with Gasteiger partial charge in [0, 0.05) is 25.5 Å². The molecule has 0 spiro atoms. The Morgan fingerprint density at radius 3 is 2.71 bits per heavy atom. The molecule has 1 aromatic heterocycles. The Bertz CT molecular complexity index is 787. The molecule has 2 aromatic rings. The molecule has 0 atom stereocenters. The molecule has 0 saturated heterocycles. The third-order valence-electron chi connectivity index (χ3n) is 3.54. The normalized spacial score (nSPS) is 15.4. The molecule has 0 radical (unpaired) electrons. The summed E-state index contributed by atoms with van der Waals surface area (Å²) in [5, 5.41) is 8.75. The Morgan fingerprint density at radius 1 is 1.24 bits per heavy atom. The third kappa shape index (κ3) is 2.82. The molecule has 3 rings (SSSR count). The second-order valence-corrected chi connectivity index (χ2v) is 6.90. The van der Waals surface area contributed by atoms with Gasteiger partial charge in [-0.1, -0.05) is 12.1 Å². The van der Waals surface area contributed by atoms with Crippen LogP contribution in [0.1, 0.15) is 17.0 Å². The van der Waals surface area contributed by atoms with Gasteiger partial charge in [0.25, 0.3) is 0 Å². The van der Waals surface area contributed by atoms with Crippen LogP contribution in [0.5, 0.6) is 0 Å². The van der Waals surface area contributed by atoms with E-state index in [2.05, 4.69) is 4.98 Å². The smallest absolute Gasteiger partial charge is 0.218 e. The summed E-state index contributed by atoms with van der Waals surface area (Å²) < 4.78 is 28.4. The van der Waals surface area contributed by atoms with Gasteiger partial charge < -0.3 is 4.57 Å². The first kappa shape index (κ1) is 13.8. The number of benzene rings is 1. The summed E-state index contributed by atoms with van der Waals surface area (Å²) in [5.74, 6) is 0.712. The van der Waals surface area contributed by atoms with Gasteiger partial charge in [0.1, 0.15) is 5.82 Å². The summed E-state index contributed by atoms with van der Waals surface area (Å²) in [6.45, 7) is 1.40. The monoisotopic (exact) mass is 302 g/mol. The van der Waals surface area contributed by atoms with E-state index in [0.29, 0.717) is 30.8 Å². The highest BCUT2D eigenvalue weighted by Gasteiger charge is 2.27. The Balaban J connectivity index is 1.77. The molecule has 0 saturated carbocycles. The highest BCUT2D eigenvalue weighted by Crippen LogP contribution is 2.18. The van der Waals surface area contributed by atoms with Crippen LogP contribution in [0.15, 0.2) is 36.7 Å². The largest absolute Gasteiger partial charge is 0.333 e. The molecule has 0 amide bonds. The van der Waals surface area contributed by atoms with Crippen LogP contribution in [0.3, 0.4) is 0 Å². The van der Waals surface area contributed by atoms with Crippen molar-refractivity contribution in [2.24, 2.45) is 0 Å². The molecule has 1 aliphatic heterocycles.